The molecule has 104 valence electrons. The van der Waals surface area contributed by atoms with Crippen molar-refractivity contribution in [2.75, 3.05) is 19.5 Å². The zero-order valence-corrected chi connectivity index (χ0v) is 11.3. The minimum atomic E-state index is -0.143. The molecule has 0 unspecified atom stereocenters. The highest BCUT2D eigenvalue weighted by molar-refractivity contribution is 5.98. The predicted octanol–water partition coefficient (Wildman–Crippen LogP) is 1.57. The van der Waals surface area contributed by atoms with Crippen LogP contribution < -0.4 is 15.8 Å². The smallest absolute Gasteiger partial charge is 0.255 e. The third kappa shape index (κ3) is 2.98. The Bertz CT molecular complexity index is 456. The Labute approximate surface area is 113 Å². The highest BCUT2D eigenvalue weighted by atomic mass is 16.5. The minimum Gasteiger partial charge on any atom is -0.491 e. The van der Waals surface area contributed by atoms with Crippen molar-refractivity contribution < 1.29 is 14.3 Å². The molecule has 1 aromatic carbocycles. The fourth-order valence-corrected chi connectivity index (χ4v) is 2.18. The number of nitrogens with two attached hydrogens (primary N) is 1. The summed E-state index contributed by atoms with van der Waals surface area (Å²) in [6.07, 6.45) is 1.97. The van der Waals surface area contributed by atoms with Gasteiger partial charge < -0.3 is 20.5 Å². The first-order valence-electron chi connectivity index (χ1n) is 6.50. The number of anilines is 1. The van der Waals surface area contributed by atoms with Crippen molar-refractivity contribution in [3.63, 3.8) is 0 Å². The maximum absolute atomic E-state index is 12.2. The van der Waals surface area contributed by atoms with E-state index in [1.54, 1.807) is 25.3 Å². The molecule has 1 aliphatic carbocycles. The first-order chi connectivity index (χ1) is 9.15. The van der Waals surface area contributed by atoms with Crippen LogP contribution in [0.15, 0.2) is 18.2 Å². The number of amides is 1. The molecule has 0 aliphatic heterocycles. The lowest BCUT2D eigenvalue weighted by Crippen LogP contribution is -2.47. The molecule has 5 heteroatoms. The van der Waals surface area contributed by atoms with Gasteiger partial charge in [-0.1, -0.05) is 6.07 Å². The second-order valence-electron chi connectivity index (χ2n) is 4.66. The number of ether oxygens (including phenoxy) is 2. The molecule has 1 amide bonds. The Morgan fingerprint density at radius 3 is 2.84 bits per heavy atom. The number of para-hydroxylation sites is 1. The van der Waals surface area contributed by atoms with Crippen LogP contribution in [0.25, 0.3) is 0 Å². The van der Waals surface area contributed by atoms with E-state index in [0.717, 1.165) is 12.8 Å². The van der Waals surface area contributed by atoms with Crippen molar-refractivity contribution >= 4 is 11.6 Å². The fourth-order valence-electron chi connectivity index (χ4n) is 2.18. The highest BCUT2D eigenvalue weighted by Crippen LogP contribution is 2.28. The van der Waals surface area contributed by atoms with Gasteiger partial charge in [0.25, 0.3) is 5.91 Å². The quantitative estimate of drug-likeness (QED) is 0.792. The summed E-state index contributed by atoms with van der Waals surface area (Å²) in [7, 11) is 1.69. The summed E-state index contributed by atoms with van der Waals surface area (Å²) < 4.78 is 10.6. The zero-order chi connectivity index (χ0) is 13.8. The van der Waals surface area contributed by atoms with Gasteiger partial charge in [-0.15, -0.1) is 0 Å². The number of nitrogen functional groups attached to an aromatic ring is 1. The van der Waals surface area contributed by atoms with E-state index in [1.165, 1.54) is 0 Å². The lowest BCUT2D eigenvalue weighted by Gasteiger charge is -2.34. The summed E-state index contributed by atoms with van der Waals surface area (Å²) >= 11 is 0. The van der Waals surface area contributed by atoms with Gasteiger partial charge in [0.1, 0.15) is 0 Å². The van der Waals surface area contributed by atoms with Gasteiger partial charge in [-0.3, -0.25) is 4.79 Å². The van der Waals surface area contributed by atoms with Crippen molar-refractivity contribution in [1.29, 1.82) is 0 Å². The van der Waals surface area contributed by atoms with Crippen molar-refractivity contribution in [3.05, 3.63) is 23.8 Å². The SMILES string of the molecule is CCOc1c(N)cccc1C(=O)NC1CC(OC)C1. The zero-order valence-electron chi connectivity index (χ0n) is 11.3. The molecular weight excluding hydrogens is 244 g/mol. The molecule has 0 heterocycles. The first-order valence-corrected chi connectivity index (χ1v) is 6.50. The van der Waals surface area contributed by atoms with Gasteiger partial charge in [0.2, 0.25) is 0 Å². The number of methoxy groups -OCH3 is 1. The van der Waals surface area contributed by atoms with Crippen LogP contribution in [0.1, 0.15) is 30.1 Å². The van der Waals surface area contributed by atoms with Crippen LogP contribution in [0.3, 0.4) is 0 Å². The Morgan fingerprint density at radius 2 is 2.21 bits per heavy atom. The van der Waals surface area contributed by atoms with Crippen LogP contribution in [0.2, 0.25) is 0 Å². The number of hydrogen-bond acceptors (Lipinski definition) is 4. The summed E-state index contributed by atoms with van der Waals surface area (Å²) in [5.74, 6) is 0.320. The molecule has 1 saturated carbocycles. The molecule has 0 aromatic heterocycles. The molecule has 2 rings (SSSR count). The van der Waals surface area contributed by atoms with Crippen molar-refractivity contribution in [2.24, 2.45) is 0 Å². The summed E-state index contributed by atoms with van der Waals surface area (Å²) in [5.41, 5.74) is 6.81. The Hall–Kier alpha value is -1.75. The molecule has 1 aliphatic rings. The topological polar surface area (TPSA) is 73.6 Å². The van der Waals surface area contributed by atoms with E-state index in [1.807, 2.05) is 6.92 Å². The standard InChI is InChI=1S/C14H20N2O3/c1-3-19-13-11(5-4-6-12(13)15)14(17)16-9-7-10(8-9)18-2/h4-6,9-10H,3,7-8,15H2,1-2H3,(H,16,17). The highest BCUT2D eigenvalue weighted by Gasteiger charge is 2.31. The van der Waals surface area contributed by atoms with Crippen molar-refractivity contribution in [3.8, 4) is 5.75 Å². The number of carbonyl (C=O) groups is 1. The molecule has 0 saturated heterocycles. The molecule has 0 spiro atoms. The lowest BCUT2D eigenvalue weighted by atomic mass is 9.89. The Morgan fingerprint density at radius 1 is 1.47 bits per heavy atom. The van der Waals surface area contributed by atoms with Crippen molar-refractivity contribution in [2.45, 2.75) is 31.9 Å². The van der Waals surface area contributed by atoms with Crippen LogP contribution >= 0.6 is 0 Å². The number of rotatable bonds is 5. The number of carbonyl (C=O) groups excluding carboxylic acids is 1. The summed E-state index contributed by atoms with van der Waals surface area (Å²) in [4.78, 5) is 12.2. The van der Waals surface area contributed by atoms with Gasteiger partial charge in [0.15, 0.2) is 5.75 Å². The molecule has 1 fully saturated rings. The van der Waals surface area contributed by atoms with Gasteiger partial charge in [-0.25, -0.2) is 0 Å². The summed E-state index contributed by atoms with van der Waals surface area (Å²) in [6.45, 7) is 2.34. The average Bonchev–Trinajstić information content (AvgIpc) is 2.35. The third-order valence-electron chi connectivity index (χ3n) is 3.34. The molecule has 5 nitrogen and oxygen atoms in total. The van der Waals surface area contributed by atoms with E-state index in [9.17, 15) is 4.79 Å². The molecule has 3 N–H and O–H groups in total. The van der Waals surface area contributed by atoms with E-state index < -0.39 is 0 Å². The largest absolute Gasteiger partial charge is 0.491 e. The van der Waals surface area contributed by atoms with E-state index in [-0.39, 0.29) is 18.1 Å². The van der Waals surface area contributed by atoms with Crippen molar-refractivity contribution in [1.82, 2.24) is 5.32 Å². The van der Waals surface area contributed by atoms with E-state index >= 15 is 0 Å². The van der Waals surface area contributed by atoms with E-state index in [0.29, 0.717) is 23.6 Å². The number of hydrogen-bond donors (Lipinski definition) is 2. The second-order valence-corrected chi connectivity index (χ2v) is 4.66. The van der Waals surface area contributed by atoms with Crippen LogP contribution in [-0.2, 0) is 4.74 Å². The molecular formula is C14H20N2O3. The summed E-state index contributed by atoms with van der Waals surface area (Å²) in [5, 5.41) is 2.97. The molecule has 1 aromatic rings. The normalized spacial score (nSPS) is 21.6. The maximum Gasteiger partial charge on any atom is 0.255 e. The van der Waals surface area contributed by atoms with Crippen LogP contribution in [0.5, 0.6) is 5.75 Å². The van der Waals surface area contributed by atoms with E-state index in [4.69, 9.17) is 15.2 Å². The van der Waals surface area contributed by atoms with Crippen LogP contribution in [0, 0.1) is 0 Å². The molecule has 19 heavy (non-hydrogen) atoms. The Kier molecular flexibility index (Phi) is 4.27. The Balaban J connectivity index is 2.05. The average molecular weight is 264 g/mol. The van der Waals surface area contributed by atoms with E-state index in [2.05, 4.69) is 5.32 Å². The van der Waals surface area contributed by atoms with Gasteiger partial charge in [-0.2, -0.15) is 0 Å². The third-order valence-corrected chi connectivity index (χ3v) is 3.34. The maximum atomic E-state index is 12.2. The van der Waals surface area contributed by atoms with Gasteiger partial charge in [0, 0.05) is 13.2 Å². The molecule has 0 bridgehead atoms. The van der Waals surface area contributed by atoms with Gasteiger partial charge in [-0.05, 0) is 31.9 Å². The monoisotopic (exact) mass is 264 g/mol. The lowest BCUT2D eigenvalue weighted by molar-refractivity contribution is 0.0176. The molecule has 0 atom stereocenters. The predicted molar refractivity (Wildman–Crippen MR) is 73.3 cm³/mol. The molecule has 0 radical (unpaired) electrons. The first kappa shape index (κ1) is 13.7. The number of benzene rings is 1. The minimum absolute atomic E-state index is 0.143. The second kappa shape index (κ2) is 5.93. The fraction of sp³-hybridized carbons (Fsp3) is 0.500. The van der Waals surface area contributed by atoms with Gasteiger partial charge in [0.05, 0.1) is 24.0 Å². The summed E-state index contributed by atoms with van der Waals surface area (Å²) in [6, 6.07) is 5.38. The van der Waals surface area contributed by atoms with Crippen LogP contribution in [-0.4, -0.2) is 31.8 Å². The number of nitrogens with one attached hydrogen (secondary N) is 1. The van der Waals surface area contributed by atoms with Gasteiger partial charge >= 0.3 is 0 Å². The van der Waals surface area contributed by atoms with Crippen LogP contribution in [0.4, 0.5) is 5.69 Å².